The molecule has 102 valence electrons. The summed E-state index contributed by atoms with van der Waals surface area (Å²) >= 11 is 0. The van der Waals surface area contributed by atoms with Crippen LogP contribution in [0.1, 0.15) is 0 Å². The van der Waals surface area contributed by atoms with Gasteiger partial charge in [-0.2, -0.15) is 0 Å². The summed E-state index contributed by atoms with van der Waals surface area (Å²) in [4.78, 5) is 12.4. The molecule has 0 atom stereocenters. The van der Waals surface area contributed by atoms with Gasteiger partial charge in [-0.05, 0) is 12.1 Å². The molecule has 0 amide bonds. The number of rotatable bonds is 1. The largest absolute Gasteiger partial charge is 0.508 e. The highest BCUT2D eigenvalue weighted by Gasteiger charge is 2.17. The van der Waals surface area contributed by atoms with Crippen molar-refractivity contribution >= 4 is 21.9 Å². The summed E-state index contributed by atoms with van der Waals surface area (Å²) in [6.45, 7) is 0. The molecule has 1 heterocycles. The third-order valence-corrected chi connectivity index (χ3v) is 3.05. The monoisotopic (exact) mass is 274 g/mol. The van der Waals surface area contributed by atoms with Crippen LogP contribution in [0.5, 0.6) is 23.0 Å². The predicted octanol–water partition coefficient (Wildman–Crippen LogP) is 2.07. The van der Waals surface area contributed by atoms with Gasteiger partial charge in [0.1, 0.15) is 22.5 Å². The number of aromatic hydroxyl groups is 3. The van der Waals surface area contributed by atoms with Gasteiger partial charge in [0.2, 0.25) is 11.2 Å². The number of hydrogen-bond donors (Lipinski definition) is 3. The first kappa shape index (κ1) is 12.2. The van der Waals surface area contributed by atoms with E-state index in [1.165, 1.54) is 25.3 Å². The lowest BCUT2D eigenvalue weighted by Crippen LogP contribution is -2.03. The zero-order chi connectivity index (χ0) is 14.4. The molecular weight excluding hydrogens is 264 g/mol. The number of phenols is 3. The normalized spacial score (nSPS) is 11.1. The van der Waals surface area contributed by atoms with E-state index in [1.54, 1.807) is 0 Å². The fourth-order valence-electron chi connectivity index (χ4n) is 2.17. The first-order valence-corrected chi connectivity index (χ1v) is 5.71. The van der Waals surface area contributed by atoms with Crippen LogP contribution in [0.4, 0.5) is 0 Å². The van der Waals surface area contributed by atoms with Crippen LogP contribution in [0.15, 0.2) is 33.5 Å². The van der Waals surface area contributed by atoms with E-state index < -0.39 is 5.43 Å². The summed E-state index contributed by atoms with van der Waals surface area (Å²) < 4.78 is 10.5. The van der Waals surface area contributed by atoms with E-state index in [2.05, 4.69) is 0 Å². The van der Waals surface area contributed by atoms with Crippen LogP contribution in [0.3, 0.4) is 0 Å². The van der Waals surface area contributed by atoms with Crippen LogP contribution in [-0.2, 0) is 0 Å². The Bertz CT molecular complexity index is 894. The molecule has 20 heavy (non-hydrogen) atoms. The van der Waals surface area contributed by atoms with Crippen molar-refractivity contribution in [1.29, 1.82) is 0 Å². The molecule has 0 saturated heterocycles. The Balaban J connectivity index is 2.61. The van der Waals surface area contributed by atoms with E-state index in [1.807, 2.05) is 0 Å². The van der Waals surface area contributed by atoms with Crippen molar-refractivity contribution in [2.24, 2.45) is 0 Å². The SMILES string of the molecule is COc1c(O)ccc2c(=O)c3c(O)cc(O)cc3oc12. The maximum atomic E-state index is 12.4. The highest BCUT2D eigenvalue weighted by molar-refractivity contribution is 5.96. The van der Waals surface area contributed by atoms with Crippen molar-refractivity contribution in [3.05, 3.63) is 34.5 Å². The van der Waals surface area contributed by atoms with Crippen molar-refractivity contribution in [2.45, 2.75) is 0 Å². The van der Waals surface area contributed by atoms with Gasteiger partial charge in [-0.1, -0.05) is 0 Å². The average molecular weight is 274 g/mol. The average Bonchev–Trinajstić information content (AvgIpc) is 2.37. The van der Waals surface area contributed by atoms with E-state index in [-0.39, 0.29) is 44.9 Å². The van der Waals surface area contributed by atoms with Gasteiger partial charge in [0, 0.05) is 12.1 Å². The van der Waals surface area contributed by atoms with E-state index in [0.29, 0.717) is 0 Å². The summed E-state index contributed by atoms with van der Waals surface area (Å²) in [6.07, 6.45) is 0. The van der Waals surface area contributed by atoms with Crippen LogP contribution in [0.25, 0.3) is 21.9 Å². The molecule has 3 N–H and O–H groups in total. The molecule has 1 aromatic heterocycles. The minimum absolute atomic E-state index is 0.00361. The van der Waals surface area contributed by atoms with Gasteiger partial charge < -0.3 is 24.5 Å². The molecule has 0 radical (unpaired) electrons. The van der Waals surface area contributed by atoms with E-state index in [0.717, 1.165) is 6.07 Å². The number of ether oxygens (including phenoxy) is 1. The Kier molecular flexibility index (Phi) is 2.47. The minimum atomic E-state index is -0.475. The van der Waals surface area contributed by atoms with E-state index >= 15 is 0 Å². The second-order valence-electron chi connectivity index (χ2n) is 4.26. The number of fused-ring (bicyclic) bond motifs is 2. The van der Waals surface area contributed by atoms with Gasteiger partial charge >= 0.3 is 0 Å². The third kappa shape index (κ3) is 1.55. The van der Waals surface area contributed by atoms with Crippen molar-refractivity contribution < 1.29 is 24.5 Å². The molecule has 0 aliphatic heterocycles. The topological polar surface area (TPSA) is 100 Å². The molecule has 0 aliphatic carbocycles. The lowest BCUT2D eigenvalue weighted by atomic mass is 10.1. The predicted molar refractivity (Wildman–Crippen MR) is 71.5 cm³/mol. The summed E-state index contributed by atoms with van der Waals surface area (Å²) in [5.74, 6) is -0.768. The van der Waals surface area contributed by atoms with Gasteiger partial charge in [0.15, 0.2) is 11.3 Å². The van der Waals surface area contributed by atoms with Gasteiger partial charge in [-0.25, -0.2) is 0 Å². The van der Waals surface area contributed by atoms with Gasteiger partial charge in [-0.3, -0.25) is 4.79 Å². The van der Waals surface area contributed by atoms with Gasteiger partial charge in [0.05, 0.1) is 12.5 Å². The second kappa shape index (κ2) is 4.06. The van der Waals surface area contributed by atoms with Gasteiger partial charge in [0.25, 0.3) is 0 Å². The van der Waals surface area contributed by atoms with Crippen LogP contribution in [-0.4, -0.2) is 22.4 Å². The molecule has 2 aromatic carbocycles. The zero-order valence-electron chi connectivity index (χ0n) is 10.4. The first-order valence-electron chi connectivity index (χ1n) is 5.71. The first-order chi connectivity index (χ1) is 9.52. The Morgan fingerprint density at radius 2 is 1.85 bits per heavy atom. The number of methoxy groups -OCH3 is 1. The highest BCUT2D eigenvalue weighted by atomic mass is 16.5. The third-order valence-electron chi connectivity index (χ3n) is 3.05. The van der Waals surface area contributed by atoms with Crippen molar-refractivity contribution in [3.63, 3.8) is 0 Å². The maximum absolute atomic E-state index is 12.4. The molecule has 0 aliphatic rings. The molecule has 3 rings (SSSR count). The summed E-state index contributed by atoms with van der Waals surface area (Å²) in [6, 6.07) is 4.95. The Morgan fingerprint density at radius 3 is 2.55 bits per heavy atom. The van der Waals surface area contributed by atoms with Crippen molar-refractivity contribution in [2.75, 3.05) is 7.11 Å². The molecule has 0 spiro atoms. The molecule has 6 heteroatoms. The van der Waals surface area contributed by atoms with Crippen LogP contribution in [0.2, 0.25) is 0 Å². The number of hydrogen-bond acceptors (Lipinski definition) is 6. The maximum Gasteiger partial charge on any atom is 0.204 e. The molecule has 0 saturated carbocycles. The smallest absolute Gasteiger partial charge is 0.204 e. The summed E-state index contributed by atoms with van der Waals surface area (Å²) in [5.41, 5.74) is -0.420. The molecule has 0 fully saturated rings. The van der Waals surface area contributed by atoms with Crippen molar-refractivity contribution in [1.82, 2.24) is 0 Å². The fourth-order valence-corrected chi connectivity index (χ4v) is 2.17. The van der Waals surface area contributed by atoms with E-state index in [4.69, 9.17) is 9.15 Å². The standard InChI is InChI=1S/C14H10O6/c1-19-14-8(16)3-2-7-12(18)11-9(17)4-6(15)5-10(11)20-13(7)14/h2-5,15-17H,1H3. The fraction of sp³-hybridized carbons (Fsp3) is 0.0714. The Labute approximate surface area is 112 Å². The lowest BCUT2D eigenvalue weighted by molar-refractivity contribution is 0.371. The quantitative estimate of drug-likeness (QED) is 0.587. The summed E-state index contributed by atoms with van der Waals surface area (Å²) in [7, 11) is 1.33. The zero-order valence-corrected chi connectivity index (χ0v) is 10.4. The second-order valence-corrected chi connectivity index (χ2v) is 4.26. The minimum Gasteiger partial charge on any atom is -0.508 e. The van der Waals surface area contributed by atoms with Gasteiger partial charge in [-0.15, -0.1) is 0 Å². The molecule has 3 aromatic rings. The number of benzene rings is 2. The van der Waals surface area contributed by atoms with E-state index in [9.17, 15) is 20.1 Å². The van der Waals surface area contributed by atoms with Crippen LogP contribution < -0.4 is 10.2 Å². The number of phenolic OH excluding ortho intramolecular Hbond substituents is 3. The Morgan fingerprint density at radius 1 is 1.10 bits per heavy atom. The highest BCUT2D eigenvalue weighted by Crippen LogP contribution is 2.37. The molecular formula is C14H10O6. The molecule has 0 bridgehead atoms. The molecule has 0 unspecified atom stereocenters. The summed E-state index contributed by atoms with van der Waals surface area (Å²) in [5, 5.41) is 29.0. The lowest BCUT2D eigenvalue weighted by Gasteiger charge is -2.08. The Hall–Kier alpha value is -2.89. The molecule has 6 nitrogen and oxygen atoms in total. The van der Waals surface area contributed by atoms with Crippen LogP contribution in [0, 0.1) is 0 Å². The van der Waals surface area contributed by atoms with Crippen LogP contribution >= 0.6 is 0 Å². The van der Waals surface area contributed by atoms with Crippen molar-refractivity contribution in [3.8, 4) is 23.0 Å².